The van der Waals surface area contributed by atoms with Gasteiger partial charge in [-0.1, -0.05) is 24.6 Å². The molecule has 0 spiro atoms. The zero-order valence-electron chi connectivity index (χ0n) is 10.2. The number of benzene rings is 1. The van der Waals surface area contributed by atoms with Crippen LogP contribution in [0.15, 0.2) is 36.4 Å². The Labute approximate surface area is 112 Å². The minimum Gasteiger partial charge on any atom is -0.439 e. The highest BCUT2D eigenvalue weighted by atomic mass is 35.5. The Morgan fingerprint density at radius 3 is 2.78 bits per heavy atom. The number of hydrogen-bond acceptors (Lipinski definition) is 3. The van der Waals surface area contributed by atoms with Gasteiger partial charge in [0.25, 0.3) is 0 Å². The summed E-state index contributed by atoms with van der Waals surface area (Å²) in [6, 6.07) is 11.1. The van der Waals surface area contributed by atoms with Crippen molar-refractivity contribution in [3.8, 4) is 11.6 Å². The maximum absolute atomic E-state index is 5.91. The SMILES string of the molecule is CCc1cc(CN)cc(Oc2cccc(Cl)c2)n1. The van der Waals surface area contributed by atoms with E-state index in [9.17, 15) is 0 Å². The van der Waals surface area contributed by atoms with E-state index in [2.05, 4.69) is 4.98 Å². The molecule has 1 aromatic carbocycles. The van der Waals surface area contributed by atoms with Crippen LogP contribution < -0.4 is 10.5 Å². The predicted octanol–water partition coefficient (Wildman–Crippen LogP) is 3.55. The Bertz CT molecular complexity index is 521. The molecule has 0 aliphatic carbocycles. The summed E-state index contributed by atoms with van der Waals surface area (Å²) in [5.74, 6) is 1.23. The van der Waals surface area contributed by atoms with Crippen molar-refractivity contribution in [3.63, 3.8) is 0 Å². The number of hydrogen-bond donors (Lipinski definition) is 1. The average molecular weight is 263 g/mol. The van der Waals surface area contributed by atoms with Crippen LogP contribution in [0.2, 0.25) is 5.02 Å². The minimum absolute atomic E-state index is 0.474. The summed E-state index contributed by atoms with van der Waals surface area (Å²) in [7, 11) is 0. The molecule has 1 aromatic heterocycles. The third-order valence-corrected chi connectivity index (χ3v) is 2.77. The molecule has 0 saturated heterocycles. The number of ether oxygens (including phenoxy) is 1. The Morgan fingerprint density at radius 2 is 2.11 bits per heavy atom. The standard InChI is InChI=1S/C14H15ClN2O/c1-2-12-6-10(9-16)7-14(17-12)18-13-5-3-4-11(15)8-13/h3-8H,2,9,16H2,1H3. The normalized spacial score (nSPS) is 10.4. The molecule has 0 aliphatic rings. The summed E-state index contributed by atoms with van der Waals surface area (Å²) in [6.45, 7) is 2.52. The molecule has 2 rings (SSSR count). The molecular formula is C14H15ClN2O. The van der Waals surface area contributed by atoms with Crippen molar-refractivity contribution in [1.29, 1.82) is 0 Å². The summed E-state index contributed by atoms with van der Waals surface area (Å²) in [5, 5.41) is 0.637. The van der Waals surface area contributed by atoms with Crippen LogP contribution in [0.1, 0.15) is 18.2 Å². The lowest BCUT2D eigenvalue weighted by Crippen LogP contribution is -2.00. The highest BCUT2D eigenvalue weighted by Gasteiger charge is 2.04. The molecule has 0 radical (unpaired) electrons. The quantitative estimate of drug-likeness (QED) is 0.917. The maximum atomic E-state index is 5.91. The average Bonchev–Trinajstić information content (AvgIpc) is 2.38. The van der Waals surface area contributed by atoms with E-state index in [1.165, 1.54) is 0 Å². The first-order chi connectivity index (χ1) is 8.71. The van der Waals surface area contributed by atoms with Crippen LogP contribution in [-0.4, -0.2) is 4.98 Å². The molecule has 1 heterocycles. The maximum Gasteiger partial charge on any atom is 0.219 e. The van der Waals surface area contributed by atoms with Gasteiger partial charge in [0.15, 0.2) is 0 Å². The summed E-state index contributed by atoms with van der Waals surface area (Å²) in [4.78, 5) is 4.40. The molecule has 0 fully saturated rings. The zero-order chi connectivity index (χ0) is 13.0. The van der Waals surface area contributed by atoms with E-state index in [0.717, 1.165) is 17.7 Å². The van der Waals surface area contributed by atoms with Crippen molar-refractivity contribution >= 4 is 11.6 Å². The summed E-state index contributed by atoms with van der Waals surface area (Å²) in [5.41, 5.74) is 7.64. The fraction of sp³-hybridized carbons (Fsp3) is 0.214. The Kier molecular flexibility index (Phi) is 4.18. The minimum atomic E-state index is 0.474. The highest BCUT2D eigenvalue weighted by Crippen LogP contribution is 2.23. The van der Waals surface area contributed by atoms with Gasteiger partial charge in [-0.2, -0.15) is 0 Å². The van der Waals surface area contributed by atoms with E-state index >= 15 is 0 Å². The van der Waals surface area contributed by atoms with Crippen LogP contribution in [0.3, 0.4) is 0 Å². The van der Waals surface area contributed by atoms with Gasteiger partial charge in [-0.05, 0) is 36.2 Å². The molecule has 0 amide bonds. The van der Waals surface area contributed by atoms with E-state index in [1.54, 1.807) is 12.1 Å². The van der Waals surface area contributed by atoms with Crippen LogP contribution >= 0.6 is 11.6 Å². The molecule has 3 nitrogen and oxygen atoms in total. The van der Waals surface area contributed by atoms with Gasteiger partial charge in [-0.3, -0.25) is 0 Å². The monoisotopic (exact) mass is 262 g/mol. The van der Waals surface area contributed by atoms with Gasteiger partial charge in [0.2, 0.25) is 5.88 Å². The van der Waals surface area contributed by atoms with Crippen LogP contribution in [0, 0.1) is 0 Å². The largest absolute Gasteiger partial charge is 0.439 e. The van der Waals surface area contributed by atoms with E-state index in [1.807, 2.05) is 31.2 Å². The van der Waals surface area contributed by atoms with Crippen LogP contribution in [0.5, 0.6) is 11.6 Å². The van der Waals surface area contributed by atoms with Gasteiger partial charge in [-0.15, -0.1) is 0 Å². The fourth-order valence-electron chi connectivity index (χ4n) is 1.62. The smallest absolute Gasteiger partial charge is 0.219 e. The van der Waals surface area contributed by atoms with Gasteiger partial charge in [-0.25, -0.2) is 4.98 Å². The van der Waals surface area contributed by atoms with Crippen molar-refractivity contribution in [2.75, 3.05) is 0 Å². The van der Waals surface area contributed by atoms with Gasteiger partial charge in [0.1, 0.15) is 5.75 Å². The Hall–Kier alpha value is -1.58. The third-order valence-electron chi connectivity index (χ3n) is 2.53. The molecule has 2 aromatic rings. The number of nitrogens with two attached hydrogens (primary N) is 1. The number of rotatable bonds is 4. The molecule has 0 bridgehead atoms. The topological polar surface area (TPSA) is 48.1 Å². The van der Waals surface area contributed by atoms with Gasteiger partial charge < -0.3 is 10.5 Å². The molecular weight excluding hydrogens is 248 g/mol. The van der Waals surface area contributed by atoms with E-state index in [0.29, 0.717) is 23.2 Å². The molecule has 4 heteroatoms. The second-order valence-corrected chi connectivity index (χ2v) is 4.36. The highest BCUT2D eigenvalue weighted by molar-refractivity contribution is 6.30. The Balaban J connectivity index is 2.28. The van der Waals surface area contributed by atoms with Crippen molar-refractivity contribution in [2.24, 2.45) is 5.73 Å². The first kappa shape index (κ1) is 12.9. The lowest BCUT2D eigenvalue weighted by atomic mass is 10.2. The summed E-state index contributed by atoms with van der Waals surface area (Å²) < 4.78 is 5.69. The van der Waals surface area contributed by atoms with Gasteiger partial charge in [0.05, 0.1) is 0 Å². The van der Waals surface area contributed by atoms with Crippen molar-refractivity contribution in [1.82, 2.24) is 4.98 Å². The lowest BCUT2D eigenvalue weighted by Gasteiger charge is -2.08. The van der Waals surface area contributed by atoms with Crippen molar-refractivity contribution in [2.45, 2.75) is 19.9 Å². The van der Waals surface area contributed by atoms with Crippen LogP contribution in [0.4, 0.5) is 0 Å². The number of aromatic nitrogens is 1. The third kappa shape index (κ3) is 3.22. The van der Waals surface area contributed by atoms with Crippen LogP contribution in [-0.2, 0) is 13.0 Å². The number of nitrogens with zero attached hydrogens (tertiary/aromatic N) is 1. The van der Waals surface area contributed by atoms with E-state index in [-0.39, 0.29) is 0 Å². The fourth-order valence-corrected chi connectivity index (χ4v) is 1.80. The predicted molar refractivity (Wildman–Crippen MR) is 73.0 cm³/mol. The Morgan fingerprint density at radius 1 is 1.28 bits per heavy atom. The lowest BCUT2D eigenvalue weighted by molar-refractivity contribution is 0.460. The first-order valence-corrected chi connectivity index (χ1v) is 6.22. The van der Waals surface area contributed by atoms with Gasteiger partial charge in [0, 0.05) is 23.3 Å². The van der Waals surface area contributed by atoms with Crippen molar-refractivity contribution in [3.05, 3.63) is 52.7 Å². The molecule has 2 N–H and O–H groups in total. The molecule has 0 saturated carbocycles. The molecule has 0 atom stereocenters. The zero-order valence-corrected chi connectivity index (χ0v) is 10.9. The molecule has 94 valence electrons. The van der Waals surface area contributed by atoms with E-state index in [4.69, 9.17) is 22.1 Å². The van der Waals surface area contributed by atoms with E-state index < -0.39 is 0 Å². The van der Waals surface area contributed by atoms with Crippen molar-refractivity contribution < 1.29 is 4.74 Å². The molecule has 18 heavy (non-hydrogen) atoms. The summed E-state index contributed by atoms with van der Waals surface area (Å²) >= 11 is 5.91. The summed E-state index contributed by atoms with van der Waals surface area (Å²) in [6.07, 6.45) is 0.847. The number of halogens is 1. The van der Waals surface area contributed by atoms with Gasteiger partial charge >= 0.3 is 0 Å². The first-order valence-electron chi connectivity index (χ1n) is 5.84. The molecule has 0 aliphatic heterocycles. The molecule has 0 unspecified atom stereocenters. The van der Waals surface area contributed by atoms with Crippen LogP contribution in [0.25, 0.3) is 0 Å². The number of pyridine rings is 1. The second kappa shape index (κ2) is 5.85. The second-order valence-electron chi connectivity index (χ2n) is 3.92. The number of aryl methyl sites for hydroxylation is 1.